The molecule has 0 amide bonds. The molecule has 0 aromatic rings. The second-order valence-corrected chi connectivity index (χ2v) is 3.85. The minimum atomic E-state index is -1.72. The van der Waals surface area contributed by atoms with E-state index in [1.165, 1.54) is 0 Å². The van der Waals surface area contributed by atoms with E-state index in [9.17, 15) is 19.2 Å². The van der Waals surface area contributed by atoms with Gasteiger partial charge in [0.15, 0.2) is 0 Å². The van der Waals surface area contributed by atoms with Crippen LogP contribution in [0.15, 0.2) is 0 Å². The fourth-order valence-corrected chi connectivity index (χ4v) is 2.23. The number of carboxylic acid groups (broad SMARTS) is 4. The first kappa shape index (κ1) is 12.9. The van der Waals surface area contributed by atoms with Gasteiger partial charge < -0.3 is 20.4 Å². The molecule has 0 saturated heterocycles. The molecule has 1 fully saturated rings. The summed E-state index contributed by atoms with van der Waals surface area (Å²) in [6.07, 6.45) is -0.488. The Bertz CT molecular complexity index is 350. The van der Waals surface area contributed by atoms with Gasteiger partial charge in [0, 0.05) is 0 Å². The van der Waals surface area contributed by atoms with Crippen molar-refractivity contribution in [3.8, 4) is 0 Å². The van der Waals surface area contributed by atoms with Crippen LogP contribution in [0.1, 0.15) is 6.42 Å². The Balaban J connectivity index is 3.17. The third-order valence-corrected chi connectivity index (χ3v) is 2.97. The van der Waals surface area contributed by atoms with Crippen molar-refractivity contribution in [2.75, 3.05) is 0 Å². The van der Waals surface area contributed by atoms with Crippen molar-refractivity contribution in [2.24, 2.45) is 23.7 Å². The first-order valence-electron chi connectivity index (χ1n) is 4.68. The monoisotopic (exact) mass is 246 g/mol. The zero-order chi connectivity index (χ0) is 13.3. The number of carbonyl (C=O) groups is 4. The van der Waals surface area contributed by atoms with Gasteiger partial charge in [0.2, 0.25) is 0 Å². The Morgan fingerprint density at radius 1 is 0.647 bits per heavy atom. The van der Waals surface area contributed by atoms with E-state index in [0.717, 1.165) is 0 Å². The lowest BCUT2D eigenvalue weighted by Crippen LogP contribution is -2.35. The average molecular weight is 246 g/mol. The molecule has 0 bridgehead atoms. The van der Waals surface area contributed by atoms with Gasteiger partial charge in [-0.05, 0) is 6.42 Å². The zero-order valence-corrected chi connectivity index (χ0v) is 8.44. The SMILES string of the molecule is O=C(O)[C@@H]1[C@@H](C(=O)O)[C@@H](C(=O)O)C[C@@H]1C(=O)O. The number of hydrogen-bond acceptors (Lipinski definition) is 4. The van der Waals surface area contributed by atoms with Crippen LogP contribution in [0.3, 0.4) is 0 Å². The average Bonchev–Trinajstić information content (AvgIpc) is 2.56. The molecule has 94 valence electrons. The standard InChI is InChI=1S/C9H10O8/c10-6(11)2-1-3(7(12)13)5(9(16)17)4(2)8(14)15/h2-5H,1H2,(H,10,11)(H,12,13)(H,14,15)(H,16,17)/t2-,3-,4-,5-/m0/s1. The van der Waals surface area contributed by atoms with E-state index in [0.29, 0.717) is 0 Å². The normalized spacial score (nSPS) is 32.0. The highest BCUT2D eigenvalue weighted by molar-refractivity contribution is 5.90. The summed E-state index contributed by atoms with van der Waals surface area (Å²) in [6.45, 7) is 0. The summed E-state index contributed by atoms with van der Waals surface area (Å²) in [4.78, 5) is 43.4. The second kappa shape index (κ2) is 4.40. The maximum atomic E-state index is 10.9. The molecule has 1 aliphatic carbocycles. The predicted molar refractivity (Wildman–Crippen MR) is 49.1 cm³/mol. The second-order valence-electron chi connectivity index (χ2n) is 3.85. The molecular weight excluding hydrogens is 236 g/mol. The van der Waals surface area contributed by atoms with Gasteiger partial charge in [0.25, 0.3) is 0 Å². The molecule has 17 heavy (non-hydrogen) atoms. The molecule has 0 aromatic carbocycles. The summed E-state index contributed by atoms with van der Waals surface area (Å²) >= 11 is 0. The Hall–Kier alpha value is -2.12. The van der Waals surface area contributed by atoms with Crippen LogP contribution in [0.4, 0.5) is 0 Å². The molecular formula is C9H10O8. The smallest absolute Gasteiger partial charge is 0.308 e. The van der Waals surface area contributed by atoms with Gasteiger partial charge >= 0.3 is 23.9 Å². The van der Waals surface area contributed by atoms with E-state index in [4.69, 9.17) is 20.4 Å². The Kier molecular flexibility index (Phi) is 3.35. The predicted octanol–water partition coefficient (Wildman–Crippen LogP) is -0.807. The number of rotatable bonds is 4. The molecule has 0 spiro atoms. The van der Waals surface area contributed by atoms with E-state index in [-0.39, 0.29) is 0 Å². The van der Waals surface area contributed by atoms with Crippen molar-refractivity contribution in [3.63, 3.8) is 0 Å². The molecule has 4 N–H and O–H groups in total. The van der Waals surface area contributed by atoms with Gasteiger partial charge in [-0.1, -0.05) is 0 Å². The lowest BCUT2D eigenvalue weighted by Gasteiger charge is -2.16. The molecule has 0 unspecified atom stereocenters. The topological polar surface area (TPSA) is 149 Å². The van der Waals surface area contributed by atoms with Gasteiger partial charge in [-0.25, -0.2) is 0 Å². The quantitative estimate of drug-likeness (QED) is 0.503. The lowest BCUT2D eigenvalue weighted by molar-refractivity contribution is -0.160. The van der Waals surface area contributed by atoms with Gasteiger partial charge in [-0.15, -0.1) is 0 Å². The fraction of sp³-hybridized carbons (Fsp3) is 0.556. The van der Waals surface area contributed by atoms with Crippen LogP contribution in [-0.4, -0.2) is 44.3 Å². The minimum Gasteiger partial charge on any atom is -0.481 e. The van der Waals surface area contributed by atoms with Crippen molar-refractivity contribution < 1.29 is 39.6 Å². The highest BCUT2D eigenvalue weighted by atomic mass is 16.4. The molecule has 1 aliphatic rings. The Morgan fingerprint density at radius 2 is 0.941 bits per heavy atom. The van der Waals surface area contributed by atoms with Gasteiger partial charge in [0.1, 0.15) is 0 Å². The first-order valence-corrected chi connectivity index (χ1v) is 4.68. The summed E-state index contributed by atoms with van der Waals surface area (Å²) in [6, 6.07) is 0. The van der Waals surface area contributed by atoms with E-state index < -0.39 is 54.0 Å². The number of aliphatic carboxylic acids is 4. The van der Waals surface area contributed by atoms with Crippen molar-refractivity contribution in [2.45, 2.75) is 6.42 Å². The maximum absolute atomic E-state index is 10.9. The van der Waals surface area contributed by atoms with Crippen LogP contribution in [0.25, 0.3) is 0 Å². The molecule has 1 rings (SSSR count). The van der Waals surface area contributed by atoms with Crippen LogP contribution in [0.2, 0.25) is 0 Å². The molecule has 1 saturated carbocycles. The van der Waals surface area contributed by atoms with Crippen LogP contribution >= 0.6 is 0 Å². The van der Waals surface area contributed by atoms with Crippen molar-refractivity contribution in [3.05, 3.63) is 0 Å². The van der Waals surface area contributed by atoms with Crippen LogP contribution in [0, 0.1) is 23.7 Å². The van der Waals surface area contributed by atoms with Crippen molar-refractivity contribution >= 4 is 23.9 Å². The van der Waals surface area contributed by atoms with Crippen LogP contribution < -0.4 is 0 Å². The zero-order valence-electron chi connectivity index (χ0n) is 8.44. The highest BCUT2D eigenvalue weighted by Crippen LogP contribution is 2.42. The number of hydrogen-bond donors (Lipinski definition) is 4. The largest absolute Gasteiger partial charge is 0.481 e. The molecule has 0 heterocycles. The van der Waals surface area contributed by atoms with E-state index >= 15 is 0 Å². The molecule has 0 aliphatic heterocycles. The maximum Gasteiger partial charge on any atom is 0.308 e. The summed E-state index contributed by atoms with van der Waals surface area (Å²) in [5, 5.41) is 35.2. The number of carboxylic acids is 4. The van der Waals surface area contributed by atoms with Gasteiger partial charge in [-0.3, -0.25) is 19.2 Å². The summed E-state index contributed by atoms with van der Waals surface area (Å²) < 4.78 is 0. The molecule has 8 nitrogen and oxygen atoms in total. The Morgan fingerprint density at radius 3 is 1.12 bits per heavy atom. The first-order chi connectivity index (χ1) is 7.77. The molecule has 8 heteroatoms. The summed E-state index contributed by atoms with van der Waals surface area (Å²) in [5.74, 6) is -12.6. The third-order valence-electron chi connectivity index (χ3n) is 2.97. The minimum absolute atomic E-state index is 0.488. The van der Waals surface area contributed by atoms with E-state index in [2.05, 4.69) is 0 Å². The lowest BCUT2D eigenvalue weighted by atomic mass is 9.87. The molecule has 4 atom stereocenters. The van der Waals surface area contributed by atoms with E-state index in [1.807, 2.05) is 0 Å². The fourth-order valence-electron chi connectivity index (χ4n) is 2.23. The van der Waals surface area contributed by atoms with Gasteiger partial charge in [-0.2, -0.15) is 0 Å². The van der Waals surface area contributed by atoms with Crippen LogP contribution in [0.5, 0.6) is 0 Å². The highest BCUT2D eigenvalue weighted by Gasteiger charge is 2.56. The van der Waals surface area contributed by atoms with Crippen molar-refractivity contribution in [1.82, 2.24) is 0 Å². The molecule has 0 radical (unpaired) electrons. The molecule has 0 aromatic heterocycles. The summed E-state index contributed by atoms with van der Waals surface area (Å²) in [7, 11) is 0. The Labute approximate surface area is 94.5 Å². The van der Waals surface area contributed by atoms with Crippen LogP contribution in [-0.2, 0) is 19.2 Å². The summed E-state index contributed by atoms with van der Waals surface area (Å²) in [5.41, 5.74) is 0. The third kappa shape index (κ3) is 2.19. The van der Waals surface area contributed by atoms with E-state index in [1.54, 1.807) is 0 Å². The van der Waals surface area contributed by atoms with Crippen molar-refractivity contribution in [1.29, 1.82) is 0 Å². The van der Waals surface area contributed by atoms with Gasteiger partial charge in [0.05, 0.1) is 23.7 Å².